The third-order valence-electron chi connectivity index (χ3n) is 2.46. The number of carbonyl (C=O) groups is 2. The Balaban J connectivity index is 4.32. The SMILES string of the molecule is COC(=O)C(CC(C)C)NC(=O)CC(C)CN. The van der Waals surface area contributed by atoms with Gasteiger partial charge < -0.3 is 15.8 Å². The first-order valence-electron chi connectivity index (χ1n) is 5.97. The van der Waals surface area contributed by atoms with Gasteiger partial charge in [0.15, 0.2) is 0 Å². The van der Waals surface area contributed by atoms with Crippen molar-refractivity contribution < 1.29 is 14.3 Å². The molecule has 0 spiro atoms. The van der Waals surface area contributed by atoms with Gasteiger partial charge >= 0.3 is 5.97 Å². The fourth-order valence-corrected chi connectivity index (χ4v) is 1.48. The molecule has 0 aliphatic heterocycles. The summed E-state index contributed by atoms with van der Waals surface area (Å²) in [5, 5.41) is 2.70. The molecule has 3 N–H and O–H groups in total. The van der Waals surface area contributed by atoms with E-state index in [1.54, 1.807) is 0 Å². The molecule has 5 nitrogen and oxygen atoms in total. The Morgan fingerprint density at radius 2 is 1.88 bits per heavy atom. The van der Waals surface area contributed by atoms with E-state index in [1.807, 2.05) is 20.8 Å². The third-order valence-corrected chi connectivity index (χ3v) is 2.46. The maximum absolute atomic E-state index is 11.7. The summed E-state index contributed by atoms with van der Waals surface area (Å²) in [5.41, 5.74) is 5.45. The number of methoxy groups -OCH3 is 1. The molecule has 0 aliphatic carbocycles. The Labute approximate surface area is 103 Å². The fraction of sp³-hybridized carbons (Fsp3) is 0.833. The van der Waals surface area contributed by atoms with Crippen LogP contribution >= 0.6 is 0 Å². The van der Waals surface area contributed by atoms with Crippen molar-refractivity contribution in [3.05, 3.63) is 0 Å². The predicted octanol–water partition coefficient (Wildman–Crippen LogP) is 0.675. The molecule has 0 rings (SSSR count). The van der Waals surface area contributed by atoms with E-state index in [-0.39, 0.29) is 11.8 Å². The Morgan fingerprint density at radius 3 is 2.29 bits per heavy atom. The summed E-state index contributed by atoms with van der Waals surface area (Å²) in [5.74, 6) is -0.120. The molecular weight excluding hydrogens is 220 g/mol. The molecule has 0 heterocycles. The number of nitrogens with one attached hydrogen (secondary N) is 1. The number of hydrogen-bond donors (Lipinski definition) is 2. The molecule has 2 unspecified atom stereocenters. The lowest BCUT2D eigenvalue weighted by atomic mass is 10.0. The molecule has 0 saturated heterocycles. The van der Waals surface area contributed by atoms with Crippen LogP contribution in [0.1, 0.15) is 33.6 Å². The number of amides is 1. The highest BCUT2D eigenvalue weighted by molar-refractivity contribution is 5.84. The number of esters is 1. The van der Waals surface area contributed by atoms with Crippen molar-refractivity contribution in [1.29, 1.82) is 0 Å². The van der Waals surface area contributed by atoms with Gasteiger partial charge in [-0.3, -0.25) is 4.79 Å². The van der Waals surface area contributed by atoms with E-state index in [0.717, 1.165) is 0 Å². The fourth-order valence-electron chi connectivity index (χ4n) is 1.48. The molecule has 5 heteroatoms. The van der Waals surface area contributed by atoms with Crippen LogP contribution < -0.4 is 11.1 Å². The van der Waals surface area contributed by atoms with Crippen LogP contribution in [0.2, 0.25) is 0 Å². The van der Waals surface area contributed by atoms with E-state index >= 15 is 0 Å². The monoisotopic (exact) mass is 244 g/mol. The largest absolute Gasteiger partial charge is 0.467 e. The summed E-state index contributed by atoms with van der Waals surface area (Å²) in [6.07, 6.45) is 0.914. The van der Waals surface area contributed by atoms with E-state index < -0.39 is 12.0 Å². The van der Waals surface area contributed by atoms with Crippen molar-refractivity contribution in [3.63, 3.8) is 0 Å². The standard InChI is InChI=1S/C12H24N2O3/c1-8(2)5-10(12(16)17-4)14-11(15)6-9(3)7-13/h8-10H,5-7,13H2,1-4H3,(H,14,15). The van der Waals surface area contributed by atoms with Gasteiger partial charge in [-0.15, -0.1) is 0 Å². The van der Waals surface area contributed by atoms with Gasteiger partial charge in [0.25, 0.3) is 0 Å². The van der Waals surface area contributed by atoms with Crippen LogP contribution in [0.15, 0.2) is 0 Å². The van der Waals surface area contributed by atoms with Gasteiger partial charge in [-0.25, -0.2) is 4.79 Å². The van der Waals surface area contributed by atoms with Gasteiger partial charge in [0.05, 0.1) is 7.11 Å². The van der Waals surface area contributed by atoms with Crippen LogP contribution in [-0.2, 0) is 14.3 Å². The lowest BCUT2D eigenvalue weighted by Crippen LogP contribution is -2.43. The highest BCUT2D eigenvalue weighted by atomic mass is 16.5. The Morgan fingerprint density at radius 1 is 1.29 bits per heavy atom. The zero-order chi connectivity index (χ0) is 13.4. The number of nitrogens with two attached hydrogens (primary N) is 1. The average molecular weight is 244 g/mol. The first-order chi connectivity index (χ1) is 7.90. The normalized spacial score (nSPS) is 14.2. The third kappa shape index (κ3) is 6.94. The summed E-state index contributed by atoms with van der Waals surface area (Å²) in [7, 11) is 1.32. The molecule has 0 aliphatic rings. The van der Waals surface area contributed by atoms with Gasteiger partial charge in [-0.1, -0.05) is 20.8 Å². The Kier molecular flexibility index (Phi) is 7.54. The number of carbonyl (C=O) groups excluding carboxylic acids is 2. The van der Waals surface area contributed by atoms with Crippen LogP contribution in [0.25, 0.3) is 0 Å². The van der Waals surface area contributed by atoms with Crippen molar-refractivity contribution in [2.75, 3.05) is 13.7 Å². The minimum atomic E-state index is -0.558. The number of hydrogen-bond acceptors (Lipinski definition) is 4. The van der Waals surface area contributed by atoms with Crippen molar-refractivity contribution in [2.24, 2.45) is 17.6 Å². The smallest absolute Gasteiger partial charge is 0.328 e. The van der Waals surface area contributed by atoms with Gasteiger partial charge in [0.1, 0.15) is 6.04 Å². The highest BCUT2D eigenvalue weighted by Crippen LogP contribution is 2.07. The average Bonchev–Trinajstić information content (AvgIpc) is 2.26. The van der Waals surface area contributed by atoms with Crippen LogP contribution in [0, 0.1) is 11.8 Å². The lowest BCUT2D eigenvalue weighted by Gasteiger charge is -2.19. The summed E-state index contributed by atoms with van der Waals surface area (Å²) in [4.78, 5) is 23.1. The molecule has 17 heavy (non-hydrogen) atoms. The Bertz CT molecular complexity index is 254. The van der Waals surface area contributed by atoms with Crippen molar-refractivity contribution in [3.8, 4) is 0 Å². The summed E-state index contributed by atoms with van der Waals surface area (Å²) in [6, 6.07) is -0.558. The molecule has 2 atom stereocenters. The van der Waals surface area contributed by atoms with Crippen molar-refractivity contribution >= 4 is 11.9 Å². The second-order valence-electron chi connectivity index (χ2n) is 4.82. The van der Waals surface area contributed by atoms with Gasteiger partial charge in [0, 0.05) is 6.42 Å². The van der Waals surface area contributed by atoms with Crippen LogP contribution in [0.5, 0.6) is 0 Å². The topological polar surface area (TPSA) is 81.4 Å². The van der Waals surface area contributed by atoms with Gasteiger partial charge in [0.2, 0.25) is 5.91 Å². The summed E-state index contributed by atoms with van der Waals surface area (Å²) < 4.78 is 4.67. The van der Waals surface area contributed by atoms with Gasteiger partial charge in [-0.2, -0.15) is 0 Å². The highest BCUT2D eigenvalue weighted by Gasteiger charge is 2.22. The minimum absolute atomic E-state index is 0.118. The molecule has 100 valence electrons. The predicted molar refractivity (Wildman–Crippen MR) is 66.2 cm³/mol. The molecule has 0 aromatic carbocycles. The van der Waals surface area contributed by atoms with Crippen molar-refractivity contribution in [1.82, 2.24) is 5.32 Å². The maximum Gasteiger partial charge on any atom is 0.328 e. The molecule has 0 radical (unpaired) electrons. The van der Waals surface area contributed by atoms with E-state index in [2.05, 4.69) is 10.1 Å². The molecule has 0 fully saturated rings. The molecular formula is C12H24N2O3. The van der Waals surface area contributed by atoms with Crippen LogP contribution in [0.3, 0.4) is 0 Å². The lowest BCUT2D eigenvalue weighted by molar-refractivity contribution is -0.145. The van der Waals surface area contributed by atoms with E-state index in [9.17, 15) is 9.59 Å². The first-order valence-corrected chi connectivity index (χ1v) is 5.97. The maximum atomic E-state index is 11.7. The molecule has 0 aromatic rings. The van der Waals surface area contributed by atoms with Gasteiger partial charge in [-0.05, 0) is 24.8 Å². The zero-order valence-electron chi connectivity index (χ0n) is 11.2. The van der Waals surface area contributed by atoms with Crippen molar-refractivity contribution in [2.45, 2.75) is 39.7 Å². The first kappa shape index (κ1) is 15.9. The molecule has 0 aromatic heterocycles. The zero-order valence-corrected chi connectivity index (χ0v) is 11.2. The second kappa shape index (κ2) is 8.06. The number of rotatable bonds is 7. The quantitative estimate of drug-likeness (QED) is 0.645. The van der Waals surface area contributed by atoms with Crippen LogP contribution in [-0.4, -0.2) is 31.6 Å². The summed E-state index contributed by atoms with van der Waals surface area (Å²) in [6.45, 7) is 6.34. The van der Waals surface area contributed by atoms with E-state index in [4.69, 9.17) is 5.73 Å². The van der Waals surface area contributed by atoms with E-state index in [0.29, 0.717) is 25.3 Å². The second-order valence-corrected chi connectivity index (χ2v) is 4.82. The molecule has 0 bridgehead atoms. The number of ether oxygens (including phenoxy) is 1. The molecule has 1 amide bonds. The van der Waals surface area contributed by atoms with Crippen LogP contribution in [0.4, 0.5) is 0 Å². The van der Waals surface area contributed by atoms with E-state index in [1.165, 1.54) is 7.11 Å². The minimum Gasteiger partial charge on any atom is -0.467 e. The molecule has 0 saturated carbocycles. The Hall–Kier alpha value is -1.10. The summed E-state index contributed by atoms with van der Waals surface area (Å²) >= 11 is 0.